The van der Waals surface area contributed by atoms with E-state index in [4.69, 9.17) is 0 Å². The molecular formula is C22H38O5. The van der Waals surface area contributed by atoms with Crippen molar-refractivity contribution in [3.8, 4) is 0 Å². The largest absolute Gasteiger partial charge is 0.469 e. The minimum Gasteiger partial charge on any atom is -0.469 e. The summed E-state index contributed by atoms with van der Waals surface area (Å²) in [7, 11) is 1.40. The number of ketones is 1. The molecule has 5 nitrogen and oxygen atoms in total. The molecule has 1 saturated carbocycles. The smallest absolute Gasteiger partial charge is 0.305 e. The number of ether oxygens (including phenoxy) is 1. The Morgan fingerprint density at radius 1 is 1.26 bits per heavy atom. The zero-order chi connectivity index (χ0) is 20.3. The van der Waals surface area contributed by atoms with E-state index in [0.29, 0.717) is 12.8 Å². The standard InChI is InChI=1S/C22H38O5/c1-4-5-14-22(2,26)15-10-12-18-17(19(23)16-20(18)24)11-8-6-7-9-13-21(25)27-3/h10,12,17-18,20,24,26H,4-9,11,13-16H2,1-3H3/b12-10+/t17-,18+,20-,22?/m1/s1. The third-order valence-corrected chi connectivity index (χ3v) is 5.59. The lowest BCUT2D eigenvalue weighted by Crippen LogP contribution is -2.23. The van der Waals surface area contributed by atoms with Crippen LogP contribution in [0.15, 0.2) is 12.2 Å². The van der Waals surface area contributed by atoms with E-state index in [-0.39, 0.29) is 30.0 Å². The molecule has 0 bridgehead atoms. The van der Waals surface area contributed by atoms with Crippen molar-refractivity contribution in [1.29, 1.82) is 0 Å². The molecule has 1 fully saturated rings. The Morgan fingerprint density at radius 3 is 2.63 bits per heavy atom. The quantitative estimate of drug-likeness (QED) is 0.286. The van der Waals surface area contributed by atoms with Crippen LogP contribution < -0.4 is 0 Å². The van der Waals surface area contributed by atoms with Gasteiger partial charge in [-0.2, -0.15) is 0 Å². The maximum Gasteiger partial charge on any atom is 0.305 e. The molecule has 27 heavy (non-hydrogen) atoms. The number of rotatable bonds is 13. The van der Waals surface area contributed by atoms with Gasteiger partial charge >= 0.3 is 5.97 Å². The summed E-state index contributed by atoms with van der Waals surface area (Å²) in [5.74, 6) is -0.305. The SMILES string of the molecule is CCCCC(C)(O)C/C=C/[C@@H]1[C@H](O)CC(=O)[C@@H]1CCCCCCC(=O)OC. The predicted octanol–water partition coefficient (Wildman–Crippen LogP) is 3.95. The Hall–Kier alpha value is -1.20. The summed E-state index contributed by atoms with van der Waals surface area (Å²) in [6.45, 7) is 3.95. The van der Waals surface area contributed by atoms with Crippen molar-refractivity contribution in [2.45, 2.75) is 96.2 Å². The lowest BCUT2D eigenvalue weighted by molar-refractivity contribution is -0.140. The number of methoxy groups -OCH3 is 1. The lowest BCUT2D eigenvalue weighted by Gasteiger charge is -2.22. The minimum atomic E-state index is -0.727. The molecule has 0 aromatic carbocycles. The first-order chi connectivity index (χ1) is 12.8. The van der Waals surface area contributed by atoms with Gasteiger partial charge in [-0.3, -0.25) is 9.59 Å². The van der Waals surface area contributed by atoms with Crippen LogP contribution in [0.3, 0.4) is 0 Å². The Morgan fingerprint density at radius 2 is 1.96 bits per heavy atom. The monoisotopic (exact) mass is 382 g/mol. The molecule has 1 aliphatic rings. The van der Waals surface area contributed by atoms with Crippen molar-refractivity contribution in [2.75, 3.05) is 7.11 Å². The Balaban J connectivity index is 2.42. The zero-order valence-corrected chi connectivity index (χ0v) is 17.3. The van der Waals surface area contributed by atoms with Gasteiger partial charge in [0.2, 0.25) is 0 Å². The zero-order valence-electron chi connectivity index (χ0n) is 17.3. The van der Waals surface area contributed by atoms with Gasteiger partial charge in [-0.1, -0.05) is 51.2 Å². The molecule has 0 amide bonds. The molecule has 5 heteroatoms. The van der Waals surface area contributed by atoms with Gasteiger partial charge in [-0.15, -0.1) is 0 Å². The van der Waals surface area contributed by atoms with E-state index in [0.717, 1.165) is 51.4 Å². The summed E-state index contributed by atoms with van der Waals surface area (Å²) in [4.78, 5) is 23.3. The highest BCUT2D eigenvalue weighted by atomic mass is 16.5. The van der Waals surface area contributed by atoms with E-state index in [1.807, 2.05) is 19.1 Å². The van der Waals surface area contributed by atoms with Crippen molar-refractivity contribution in [1.82, 2.24) is 0 Å². The number of hydrogen-bond acceptors (Lipinski definition) is 5. The summed E-state index contributed by atoms with van der Waals surface area (Å²) in [6.07, 6.45) is 11.7. The molecule has 0 aromatic rings. The first kappa shape index (κ1) is 23.8. The molecule has 0 aromatic heterocycles. The summed E-state index contributed by atoms with van der Waals surface area (Å²) in [5, 5.41) is 20.6. The van der Waals surface area contributed by atoms with Gasteiger partial charge in [0.25, 0.3) is 0 Å². The van der Waals surface area contributed by atoms with Gasteiger partial charge in [-0.25, -0.2) is 0 Å². The molecule has 0 radical (unpaired) electrons. The van der Waals surface area contributed by atoms with Gasteiger partial charge in [-0.05, 0) is 32.6 Å². The normalized spacial score (nSPS) is 25.1. The summed E-state index contributed by atoms with van der Waals surface area (Å²) in [6, 6.07) is 0. The second-order valence-electron chi connectivity index (χ2n) is 8.18. The van der Waals surface area contributed by atoms with Gasteiger partial charge in [0.1, 0.15) is 5.78 Å². The van der Waals surface area contributed by atoms with Crippen molar-refractivity contribution in [3.63, 3.8) is 0 Å². The van der Waals surface area contributed by atoms with Gasteiger partial charge in [0.05, 0.1) is 18.8 Å². The average molecular weight is 383 g/mol. The highest BCUT2D eigenvalue weighted by Gasteiger charge is 2.39. The second kappa shape index (κ2) is 12.3. The third kappa shape index (κ3) is 9.02. The molecule has 1 aliphatic carbocycles. The van der Waals surface area contributed by atoms with Crippen LogP contribution >= 0.6 is 0 Å². The summed E-state index contributed by atoms with van der Waals surface area (Å²) < 4.78 is 4.62. The van der Waals surface area contributed by atoms with E-state index in [9.17, 15) is 19.8 Å². The first-order valence-electron chi connectivity index (χ1n) is 10.5. The van der Waals surface area contributed by atoms with Crippen LogP contribution in [0, 0.1) is 11.8 Å². The third-order valence-electron chi connectivity index (χ3n) is 5.59. The summed E-state index contributed by atoms with van der Waals surface area (Å²) >= 11 is 0. The van der Waals surface area contributed by atoms with E-state index < -0.39 is 11.7 Å². The maximum atomic E-state index is 12.2. The number of Topliss-reactive ketones (excluding diaryl/α,β-unsaturated/α-hetero) is 1. The minimum absolute atomic E-state index is 0.127. The molecule has 0 saturated heterocycles. The van der Waals surface area contributed by atoms with E-state index in [1.165, 1.54) is 7.11 Å². The number of unbranched alkanes of at least 4 members (excludes halogenated alkanes) is 4. The molecule has 0 spiro atoms. The first-order valence-corrected chi connectivity index (χ1v) is 10.5. The topological polar surface area (TPSA) is 83.8 Å². The van der Waals surface area contributed by atoms with E-state index >= 15 is 0 Å². The fourth-order valence-corrected chi connectivity index (χ4v) is 3.82. The van der Waals surface area contributed by atoms with Crippen molar-refractivity contribution in [3.05, 3.63) is 12.2 Å². The molecule has 156 valence electrons. The number of hydrogen-bond donors (Lipinski definition) is 2. The fourth-order valence-electron chi connectivity index (χ4n) is 3.82. The summed E-state index contributed by atoms with van der Waals surface area (Å²) in [5.41, 5.74) is -0.727. The molecule has 0 heterocycles. The molecule has 1 rings (SSSR count). The number of esters is 1. The van der Waals surface area contributed by atoms with Gasteiger partial charge < -0.3 is 14.9 Å². The predicted molar refractivity (Wildman–Crippen MR) is 106 cm³/mol. The lowest BCUT2D eigenvalue weighted by atomic mass is 9.87. The van der Waals surface area contributed by atoms with Crippen LogP contribution in [0.5, 0.6) is 0 Å². The molecular weight excluding hydrogens is 344 g/mol. The highest BCUT2D eigenvalue weighted by Crippen LogP contribution is 2.34. The fraction of sp³-hybridized carbons (Fsp3) is 0.818. The van der Waals surface area contributed by atoms with Crippen LogP contribution in [0.25, 0.3) is 0 Å². The Kier molecular flexibility index (Phi) is 10.9. The van der Waals surface area contributed by atoms with Crippen LogP contribution in [-0.2, 0) is 14.3 Å². The Labute approximate surface area is 164 Å². The van der Waals surface area contributed by atoms with Crippen molar-refractivity contribution < 1.29 is 24.5 Å². The maximum absolute atomic E-state index is 12.2. The average Bonchev–Trinajstić information content (AvgIpc) is 2.89. The van der Waals surface area contributed by atoms with Crippen LogP contribution in [0.2, 0.25) is 0 Å². The number of carbonyl (C=O) groups is 2. The second-order valence-corrected chi connectivity index (χ2v) is 8.18. The number of aliphatic hydroxyl groups excluding tert-OH is 1. The van der Waals surface area contributed by atoms with Crippen LogP contribution in [-0.4, -0.2) is 40.8 Å². The molecule has 0 aliphatic heterocycles. The van der Waals surface area contributed by atoms with Crippen molar-refractivity contribution in [2.24, 2.45) is 11.8 Å². The van der Waals surface area contributed by atoms with E-state index in [1.54, 1.807) is 0 Å². The molecule has 4 atom stereocenters. The van der Waals surface area contributed by atoms with E-state index in [2.05, 4.69) is 11.7 Å². The van der Waals surface area contributed by atoms with Crippen molar-refractivity contribution >= 4 is 11.8 Å². The Bertz CT molecular complexity index is 483. The highest BCUT2D eigenvalue weighted by molar-refractivity contribution is 5.84. The molecule has 1 unspecified atom stereocenters. The number of carbonyl (C=O) groups excluding carboxylic acids is 2. The number of aliphatic hydroxyl groups is 2. The van der Waals surface area contributed by atoms with Crippen LogP contribution in [0.1, 0.15) is 84.5 Å². The molecule has 2 N–H and O–H groups in total. The van der Waals surface area contributed by atoms with Gasteiger partial charge in [0, 0.05) is 24.7 Å². The van der Waals surface area contributed by atoms with Gasteiger partial charge in [0.15, 0.2) is 0 Å². The van der Waals surface area contributed by atoms with Crippen LogP contribution in [0.4, 0.5) is 0 Å².